The highest BCUT2D eigenvalue weighted by molar-refractivity contribution is 7.16. The molecule has 0 saturated heterocycles. The number of hydrogen-bond donors (Lipinski definition) is 0. The summed E-state index contributed by atoms with van der Waals surface area (Å²) in [4.78, 5) is 28.4. The third-order valence-electron chi connectivity index (χ3n) is 3.55. The molecule has 0 bridgehead atoms. The Bertz CT molecular complexity index is 784. The van der Waals surface area contributed by atoms with Crippen LogP contribution in [0.3, 0.4) is 0 Å². The molecule has 1 fully saturated rings. The molecule has 6 heteroatoms. The summed E-state index contributed by atoms with van der Waals surface area (Å²) in [5.41, 5.74) is 1.49. The van der Waals surface area contributed by atoms with Crippen LogP contribution < -0.4 is 4.80 Å². The van der Waals surface area contributed by atoms with E-state index in [1.54, 1.807) is 12.1 Å². The zero-order valence-corrected chi connectivity index (χ0v) is 12.8. The summed E-state index contributed by atoms with van der Waals surface area (Å²) >= 11 is 1.43. The standard InChI is InChI=1S/C15H16N2O3S/c1-3-17-11-7-6-10(14(19)20-2)8-12(11)21-15(17)16-13(18)9-4-5-9/h6-9H,3-5H2,1-2H3. The molecule has 2 aromatic rings. The van der Waals surface area contributed by atoms with Gasteiger partial charge in [-0.3, -0.25) is 4.79 Å². The number of carbonyl (C=O) groups is 2. The molecule has 1 aromatic carbocycles. The van der Waals surface area contributed by atoms with Gasteiger partial charge in [-0.1, -0.05) is 11.3 Å². The molecule has 0 aliphatic heterocycles. The molecule has 1 aromatic heterocycles. The van der Waals surface area contributed by atoms with E-state index in [9.17, 15) is 9.59 Å². The molecule has 0 atom stereocenters. The fourth-order valence-corrected chi connectivity index (χ4v) is 3.36. The van der Waals surface area contributed by atoms with Crippen LogP contribution in [0.15, 0.2) is 23.2 Å². The van der Waals surface area contributed by atoms with Gasteiger partial charge >= 0.3 is 5.97 Å². The van der Waals surface area contributed by atoms with E-state index in [0.717, 1.165) is 29.6 Å². The molecule has 1 saturated carbocycles. The van der Waals surface area contributed by atoms with E-state index in [2.05, 4.69) is 4.99 Å². The Balaban J connectivity index is 2.12. The molecular weight excluding hydrogens is 288 g/mol. The predicted octanol–water partition coefficient (Wildman–Crippen LogP) is 2.35. The van der Waals surface area contributed by atoms with Crippen molar-refractivity contribution in [2.45, 2.75) is 26.3 Å². The predicted molar refractivity (Wildman–Crippen MR) is 80.1 cm³/mol. The second kappa shape index (κ2) is 5.44. The highest BCUT2D eigenvalue weighted by Gasteiger charge is 2.29. The Labute approximate surface area is 125 Å². The van der Waals surface area contributed by atoms with Crippen LogP contribution >= 0.6 is 11.3 Å². The maximum Gasteiger partial charge on any atom is 0.337 e. The average molecular weight is 304 g/mol. The minimum Gasteiger partial charge on any atom is -0.465 e. The second-order valence-electron chi connectivity index (χ2n) is 5.03. The minimum atomic E-state index is -0.360. The largest absolute Gasteiger partial charge is 0.465 e. The quantitative estimate of drug-likeness (QED) is 0.818. The third-order valence-corrected chi connectivity index (χ3v) is 4.59. The number of methoxy groups -OCH3 is 1. The smallest absolute Gasteiger partial charge is 0.337 e. The van der Waals surface area contributed by atoms with Crippen molar-refractivity contribution < 1.29 is 14.3 Å². The first kappa shape index (κ1) is 14.0. The van der Waals surface area contributed by atoms with E-state index in [1.165, 1.54) is 18.4 Å². The van der Waals surface area contributed by atoms with Gasteiger partial charge in [0, 0.05) is 12.5 Å². The van der Waals surface area contributed by atoms with Crippen molar-refractivity contribution in [1.82, 2.24) is 4.57 Å². The van der Waals surface area contributed by atoms with E-state index in [1.807, 2.05) is 17.6 Å². The van der Waals surface area contributed by atoms with E-state index in [4.69, 9.17) is 4.74 Å². The van der Waals surface area contributed by atoms with E-state index in [0.29, 0.717) is 10.4 Å². The molecule has 1 aliphatic rings. The number of aromatic nitrogens is 1. The molecule has 110 valence electrons. The normalized spacial score (nSPS) is 15.4. The number of amides is 1. The highest BCUT2D eigenvalue weighted by Crippen LogP contribution is 2.30. The van der Waals surface area contributed by atoms with Crippen molar-refractivity contribution in [1.29, 1.82) is 0 Å². The number of thiazole rings is 1. The number of benzene rings is 1. The minimum absolute atomic E-state index is 0.0306. The van der Waals surface area contributed by atoms with E-state index in [-0.39, 0.29) is 17.8 Å². The van der Waals surface area contributed by atoms with Crippen molar-refractivity contribution in [2.24, 2.45) is 10.9 Å². The SMILES string of the molecule is CCn1c(=NC(=O)C2CC2)sc2cc(C(=O)OC)ccc21. The van der Waals surface area contributed by atoms with Gasteiger partial charge in [0.2, 0.25) is 0 Å². The molecule has 0 N–H and O–H groups in total. The molecule has 0 unspecified atom stereocenters. The molecule has 1 heterocycles. The third kappa shape index (κ3) is 2.63. The summed E-state index contributed by atoms with van der Waals surface area (Å²) in [6.45, 7) is 2.75. The van der Waals surface area contributed by atoms with Crippen LogP contribution in [0.2, 0.25) is 0 Å². The van der Waals surface area contributed by atoms with Crippen molar-refractivity contribution in [3.8, 4) is 0 Å². The summed E-state index contributed by atoms with van der Waals surface area (Å²) in [5, 5.41) is 0. The fourth-order valence-electron chi connectivity index (χ4n) is 2.22. The van der Waals surface area contributed by atoms with Crippen LogP contribution in [0, 0.1) is 5.92 Å². The fraction of sp³-hybridized carbons (Fsp3) is 0.400. The number of ether oxygens (including phenoxy) is 1. The topological polar surface area (TPSA) is 60.7 Å². The number of carbonyl (C=O) groups excluding carboxylic acids is 2. The van der Waals surface area contributed by atoms with Gasteiger partial charge in [-0.25, -0.2) is 4.79 Å². The summed E-state index contributed by atoms with van der Waals surface area (Å²) in [6, 6.07) is 5.40. The molecule has 0 spiro atoms. The van der Waals surface area contributed by atoms with E-state index >= 15 is 0 Å². The van der Waals surface area contributed by atoms with Gasteiger partial charge in [-0.2, -0.15) is 4.99 Å². The molecular formula is C15H16N2O3S. The first-order valence-corrected chi connectivity index (χ1v) is 7.76. The van der Waals surface area contributed by atoms with Crippen molar-refractivity contribution in [3.05, 3.63) is 28.6 Å². The van der Waals surface area contributed by atoms with Gasteiger partial charge in [0.15, 0.2) is 4.80 Å². The lowest BCUT2D eigenvalue weighted by Gasteiger charge is -2.01. The Morgan fingerprint density at radius 1 is 1.43 bits per heavy atom. The van der Waals surface area contributed by atoms with Crippen molar-refractivity contribution in [2.75, 3.05) is 7.11 Å². The first-order chi connectivity index (χ1) is 10.1. The zero-order valence-electron chi connectivity index (χ0n) is 12.0. The van der Waals surface area contributed by atoms with Gasteiger partial charge in [-0.05, 0) is 38.0 Å². The molecule has 5 nitrogen and oxygen atoms in total. The Morgan fingerprint density at radius 2 is 2.19 bits per heavy atom. The van der Waals surface area contributed by atoms with Crippen LogP contribution in [-0.4, -0.2) is 23.6 Å². The van der Waals surface area contributed by atoms with Gasteiger partial charge in [0.1, 0.15) is 0 Å². The van der Waals surface area contributed by atoms with Crippen LogP contribution in [0.1, 0.15) is 30.1 Å². The Kier molecular flexibility index (Phi) is 3.63. The number of aryl methyl sites for hydroxylation is 1. The molecule has 0 radical (unpaired) electrons. The Hall–Kier alpha value is -1.95. The van der Waals surface area contributed by atoms with Crippen LogP contribution in [0.25, 0.3) is 10.2 Å². The van der Waals surface area contributed by atoms with E-state index < -0.39 is 0 Å². The number of nitrogens with zero attached hydrogens (tertiary/aromatic N) is 2. The molecule has 1 amide bonds. The number of fused-ring (bicyclic) bond motifs is 1. The second-order valence-corrected chi connectivity index (χ2v) is 6.04. The summed E-state index contributed by atoms with van der Waals surface area (Å²) in [6.07, 6.45) is 1.90. The van der Waals surface area contributed by atoms with Crippen LogP contribution in [0.5, 0.6) is 0 Å². The summed E-state index contributed by atoms with van der Waals surface area (Å²) < 4.78 is 7.67. The lowest BCUT2D eigenvalue weighted by atomic mass is 10.2. The lowest BCUT2D eigenvalue weighted by Crippen LogP contribution is -2.16. The van der Waals surface area contributed by atoms with Gasteiger partial charge < -0.3 is 9.30 Å². The molecule has 3 rings (SSSR count). The zero-order chi connectivity index (χ0) is 15.0. The molecule has 21 heavy (non-hydrogen) atoms. The number of rotatable bonds is 3. The number of hydrogen-bond acceptors (Lipinski definition) is 4. The van der Waals surface area contributed by atoms with Gasteiger partial charge in [0.25, 0.3) is 5.91 Å². The monoisotopic (exact) mass is 304 g/mol. The Morgan fingerprint density at radius 3 is 2.81 bits per heavy atom. The van der Waals surface area contributed by atoms with Crippen LogP contribution in [0.4, 0.5) is 0 Å². The van der Waals surface area contributed by atoms with Crippen molar-refractivity contribution >= 4 is 33.4 Å². The van der Waals surface area contributed by atoms with Gasteiger partial charge in [-0.15, -0.1) is 0 Å². The summed E-state index contributed by atoms with van der Waals surface area (Å²) in [5.74, 6) is -0.274. The highest BCUT2D eigenvalue weighted by atomic mass is 32.1. The maximum absolute atomic E-state index is 11.9. The summed E-state index contributed by atoms with van der Waals surface area (Å²) in [7, 11) is 1.36. The average Bonchev–Trinajstić information content (AvgIpc) is 3.28. The maximum atomic E-state index is 11.9. The van der Waals surface area contributed by atoms with Crippen LogP contribution in [-0.2, 0) is 16.1 Å². The number of esters is 1. The van der Waals surface area contributed by atoms with Crippen molar-refractivity contribution in [3.63, 3.8) is 0 Å². The van der Waals surface area contributed by atoms with Gasteiger partial charge in [0.05, 0.1) is 22.9 Å². The molecule has 1 aliphatic carbocycles. The lowest BCUT2D eigenvalue weighted by molar-refractivity contribution is -0.119. The first-order valence-electron chi connectivity index (χ1n) is 6.94.